The molecule has 130 valence electrons. The topological polar surface area (TPSA) is 52.7 Å². The summed E-state index contributed by atoms with van der Waals surface area (Å²) in [5.74, 6) is -0.333. The summed E-state index contributed by atoms with van der Waals surface area (Å²) in [6.07, 6.45) is 1.62. The molecule has 0 amide bonds. The van der Waals surface area contributed by atoms with E-state index in [-0.39, 0.29) is 11.4 Å². The first-order chi connectivity index (χ1) is 12.5. The molecular weight excluding hydrogens is 331 g/mol. The Morgan fingerprint density at radius 2 is 1.85 bits per heavy atom. The number of fused-ring (bicyclic) bond motifs is 1. The molecular formula is C20H17FN4O. The van der Waals surface area contributed by atoms with Gasteiger partial charge in [0.1, 0.15) is 11.3 Å². The van der Waals surface area contributed by atoms with Crippen LogP contribution in [0.1, 0.15) is 16.8 Å². The molecule has 0 aliphatic rings. The summed E-state index contributed by atoms with van der Waals surface area (Å²) in [6.45, 7) is 4.24. The lowest BCUT2D eigenvalue weighted by Gasteiger charge is -2.09. The summed E-state index contributed by atoms with van der Waals surface area (Å²) in [6, 6.07) is 13.9. The normalized spacial score (nSPS) is 11.2. The number of hydrogen-bond acceptors (Lipinski definition) is 3. The Bertz CT molecular complexity index is 1160. The number of nitrogens with zero attached hydrogens (tertiary/aromatic N) is 4. The van der Waals surface area contributed by atoms with Crippen molar-refractivity contribution >= 4 is 10.9 Å². The number of rotatable bonds is 3. The molecule has 0 bridgehead atoms. The molecule has 0 aliphatic heterocycles. The lowest BCUT2D eigenvalue weighted by atomic mass is 10.1. The number of aromatic nitrogens is 4. The van der Waals surface area contributed by atoms with Crippen molar-refractivity contribution in [1.82, 2.24) is 19.6 Å². The van der Waals surface area contributed by atoms with Crippen molar-refractivity contribution in [2.24, 2.45) is 0 Å². The van der Waals surface area contributed by atoms with E-state index in [0.29, 0.717) is 23.1 Å². The molecule has 5 nitrogen and oxygen atoms in total. The lowest BCUT2D eigenvalue weighted by Crippen LogP contribution is -2.26. The van der Waals surface area contributed by atoms with Crippen LogP contribution in [0.25, 0.3) is 16.6 Å². The maximum absolute atomic E-state index is 13.2. The summed E-state index contributed by atoms with van der Waals surface area (Å²) in [5, 5.41) is 9.45. The fourth-order valence-electron chi connectivity index (χ4n) is 3.09. The third-order valence-corrected chi connectivity index (χ3v) is 4.35. The van der Waals surface area contributed by atoms with Gasteiger partial charge in [-0.1, -0.05) is 29.8 Å². The third-order valence-electron chi connectivity index (χ3n) is 4.35. The predicted molar refractivity (Wildman–Crippen MR) is 98.1 cm³/mol. The predicted octanol–water partition coefficient (Wildman–Crippen LogP) is 3.39. The Kier molecular flexibility index (Phi) is 3.88. The standard InChI is InChI=1S/C20H17FN4O/c1-13-4-3-5-15(10-13)12-24-20(26)19-18(14(2)23-24)11-22-25(19)17-8-6-16(21)7-9-17/h3-11H,12H2,1-2H3. The molecule has 4 aromatic rings. The molecule has 0 atom stereocenters. The zero-order valence-corrected chi connectivity index (χ0v) is 14.5. The van der Waals surface area contributed by atoms with E-state index in [1.165, 1.54) is 16.8 Å². The van der Waals surface area contributed by atoms with E-state index >= 15 is 0 Å². The Morgan fingerprint density at radius 1 is 1.08 bits per heavy atom. The molecule has 0 saturated heterocycles. The van der Waals surface area contributed by atoms with E-state index in [4.69, 9.17) is 0 Å². The number of benzene rings is 2. The van der Waals surface area contributed by atoms with Crippen LogP contribution in [0.15, 0.2) is 59.5 Å². The zero-order chi connectivity index (χ0) is 18.3. The monoisotopic (exact) mass is 348 g/mol. The lowest BCUT2D eigenvalue weighted by molar-refractivity contribution is 0.626. The third kappa shape index (κ3) is 2.79. The Hall–Kier alpha value is -3.28. The first-order valence-electron chi connectivity index (χ1n) is 8.30. The van der Waals surface area contributed by atoms with Crippen molar-refractivity contribution in [1.29, 1.82) is 0 Å². The second-order valence-electron chi connectivity index (χ2n) is 6.33. The van der Waals surface area contributed by atoms with Gasteiger partial charge in [0.05, 0.1) is 24.1 Å². The first kappa shape index (κ1) is 16.2. The smallest absolute Gasteiger partial charge is 0.265 e. The van der Waals surface area contributed by atoms with Crippen LogP contribution in [0, 0.1) is 19.7 Å². The van der Waals surface area contributed by atoms with Gasteiger partial charge in [-0.25, -0.2) is 13.8 Å². The van der Waals surface area contributed by atoms with E-state index in [2.05, 4.69) is 10.2 Å². The van der Waals surface area contributed by atoms with Crippen molar-refractivity contribution in [3.8, 4) is 5.69 Å². The van der Waals surface area contributed by atoms with E-state index in [0.717, 1.165) is 16.8 Å². The van der Waals surface area contributed by atoms with E-state index < -0.39 is 0 Å². The molecule has 0 radical (unpaired) electrons. The van der Waals surface area contributed by atoms with Gasteiger partial charge in [0.15, 0.2) is 0 Å². The molecule has 26 heavy (non-hydrogen) atoms. The van der Waals surface area contributed by atoms with Crippen LogP contribution in [0.5, 0.6) is 0 Å². The Labute approximate surface area is 149 Å². The van der Waals surface area contributed by atoms with Crippen LogP contribution in [0.3, 0.4) is 0 Å². The largest absolute Gasteiger partial charge is 0.293 e. The Morgan fingerprint density at radius 3 is 2.58 bits per heavy atom. The highest BCUT2D eigenvalue weighted by atomic mass is 19.1. The molecule has 0 aliphatic carbocycles. The van der Waals surface area contributed by atoms with Crippen LogP contribution in [-0.2, 0) is 6.54 Å². The molecule has 0 unspecified atom stereocenters. The van der Waals surface area contributed by atoms with Crippen molar-refractivity contribution in [2.75, 3.05) is 0 Å². The van der Waals surface area contributed by atoms with Crippen molar-refractivity contribution in [3.05, 3.63) is 87.7 Å². The summed E-state index contributed by atoms with van der Waals surface area (Å²) >= 11 is 0. The second kappa shape index (κ2) is 6.22. The fraction of sp³-hybridized carbons (Fsp3) is 0.150. The molecule has 2 heterocycles. The van der Waals surface area contributed by atoms with E-state index in [1.807, 2.05) is 38.1 Å². The fourth-order valence-corrected chi connectivity index (χ4v) is 3.09. The van der Waals surface area contributed by atoms with Crippen LogP contribution >= 0.6 is 0 Å². The van der Waals surface area contributed by atoms with Crippen molar-refractivity contribution < 1.29 is 4.39 Å². The van der Waals surface area contributed by atoms with Crippen LogP contribution in [0.4, 0.5) is 4.39 Å². The van der Waals surface area contributed by atoms with Crippen LogP contribution in [-0.4, -0.2) is 19.6 Å². The molecule has 0 fully saturated rings. The molecule has 0 saturated carbocycles. The van der Waals surface area contributed by atoms with Crippen molar-refractivity contribution in [3.63, 3.8) is 0 Å². The van der Waals surface area contributed by atoms with Crippen LogP contribution in [0.2, 0.25) is 0 Å². The SMILES string of the molecule is Cc1cccc(Cn2nc(C)c3cnn(-c4ccc(F)cc4)c3c2=O)c1. The van der Waals surface area contributed by atoms with Gasteiger partial charge in [-0.05, 0) is 43.7 Å². The highest BCUT2D eigenvalue weighted by molar-refractivity contribution is 5.81. The van der Waals surface area contributed by atoms with Gasteiger partial charge in [0.25, 0.3) is 5.56 Å². The van der Waals surface area contributed by atoms with Crippen LogP contribution < -0.4 is 5.56 Å². The zero-order valence-electron chi connectivity index (χ0n) is 14.5. The van der Waals surface area contributed by atoms with Gasteiger partial charge in [-0.3, -0.25) is 4.79 Å². The summed E-state index contributed by atoms with van der Waals surface area (Å²) in [4.78, 5) is 13.1. The molecule has 4 rings (SSSR count). The van der Waals surface area contributed by atoms with Gasteiger partial charge in [-0.15, -0.1) is 0 Å². The summed E-state index contributed by atoms with van der Waals surface area (Å²) in [5.41, 5.74) is 3.70. The average molecular weight is 348 g/mol. The van der Waals surface area contributed by atoms with Gasteiger partial charge in [0.2, 0.25) is 0 Å². The maximum atomic E-state index is 13.2. The highest BCUT2D eigenvalue weighted by Crippen LogP contribution is 2.18. The van der Waals surface area contributed by atoms with Crippen molar-refractivity contribution in [2.45, 2.75) is 20.4 Å². The minimum absolute atomic E-state index is 0.228. The Balaban J connectivity index is 1.88. The molecule has 0 spiro atoms. The first-order valence-corrected chi connectivity index (χ1v) is 8.30. The quantitative estimate of drug-likeness (QED) is 0.570. The number of hydrogen-bond donors (Lipinski definition) is 0. The maximum Gasteiger partial charge on any atom is 0.293 e. The summed E-state index contributed by atoms with van der Waals surface area (Å²) < 4.78 is 16.2. The van der Waals surface area contributed by atoms with Gasteiger partial charge in [-0.2, -0.15) is 10.2 Å². The molecule has 0 N–H and O–H groups in total. The van der Waals surface area contributed by atoms with E-state index in [1.54, 1.807) is 23.0 Å². The molecule has 2 aromatic carbocycles. The minimum atomic E-state index is -0.333. The molecule has 2 aromatic heterocycles. The molecule has 6 heteroatoms. The van der Waals surface area contributed by atoms with Gasteiger partial charge < -0.3 is 0 Å². The highest BCUT2D eigenvalue weighted by Gasteiger charge is 2.15. The minimum Gasteiger partial charge on any atom is -0.265 e. The average Bonchev–Trinajstić information content (AvgIpc) is 3.06. The number of halogens is 1. The van der Waals surface area contributed by atoms with E-state index in [9.17, 15) is 9.18 Å². The second-order valence-corrected chi connectivity index (χ2v) is 6.33. The number of aryl methyl sites for hydroxylation is 2. The van der Waals surface area contributed by atoms with Gasteiger partial charge in [0, 0.05) is 5.39 Å². The summed E-state index contributed by atoms with van der Waals surface area (Å²) in [7, 11) is 0. The van der Waals surface area contributed by atoms with Gasteiger partial charge >= 0.3 is 0 Å².